The first-order valence-electron chi connectivity index (χ1n) is 9.48. The summed E-state index contributed by atoms with van der Waals surface area (Å²) < 4.78 is 3.00. The van der Waals surface area contributed by atoms with Crippen LogP contribution in [0.2, 0.25) is 0 Å². The van der Waals surface area contributed by atoms with Crippen molar-refractivity contribution in [1.82, 2.24) is 14.8 Å². The van der Waals surface area contributed by atoms with Gasteiger partial charge in [0.15, 0.2) is 5.65 Å². The van der Waals surface area contributed by atoms with Crippen molar-refractivity contribution in [1.29, 1.82) is 0 Å². The lowest BCUT2D eigenvalue weighted by atomic mass is 9.99. The van der Waals surface area contributed by atoms with Gasteiger partial charge in [-0.15, -0.1) is 0 Å². The fourth-order valence-electron chi connectivity index (χ4n) is 3.65. The number of nitrogens with zero attached hydrogens (tertiary/aromatic N) is 3. The summed E-state index contributed by atoms with van der Waals surface area (Å²) in [4.78, 5) is 5.04. The molecular formula is C25H18BrN3. The number of halogens is 1. The molecule has 2 heterocycles. The van der Waals surface area contributed by atoms with Crippen LogP contribution in [0.5, 0.6) is 0 Å². The van der Waals surface area contributed by atoms with E-state index in [0.29, 0.717) is 0 Å². The molecule has 0 saturated carbocycles. The van der Waals surface area contributed by atoms with Gasteiger partial charge in [0.05, 0.1) is 22.5 Å². The number of rotatable bonds is 3. The zero-order valence-corrected chi connectivity index (χ0v) is 17.5. The lowest BCUT2D eigenvalue weighted by Gasteiger charge is -2.10. The van der Waals surface area contributed by atoms with E-state index in [1.54, 1.807) is 0 Å². The van der Waals surface area contributed by atoms with Crippen LogP contribution in [-0.2, 0) is 0 Å². The van der Waals surface area contributed by atoms with Gasteiger partial charge in [0.2, 0.25) is 0 Å². The summed E-state index contributed by atoms with van der Waals surface area (Å²) in [7, 11) is 0. The normalized spacial score (nSPS) is 11.1. The predicted octanol–water partition coefficient (Wildman–Crippen LogP) is 6.83. The maximum Gasteiger partial charge on any atom is 0.164 e. The zero-order valence-electron chi connectivity index (χ0n) is 15.9. The molecule has 140 valence electrons. The lowest BCUT2D eigenvalue weighted by Crippen LogP contribution is -1.98. The maximum absolute atomic E-state index is 5.04. The minimum atomic E-state index is 0.868. The van der Waals surface area contributed by atoms with Gasteiger partial charge in [0, 0.05) is 10.0 Å². The Labute approximate surface area is 177 Å². The van der Waals surface area contributed by atoms with Crippen LogP contribution >= 0.6 is 15.9 Å². The number of aromatic nitrogens is 3. The molecule has 3 aromatic carbocycles. The van der Waals surface area contributed by atoms with Crippen LogP contribution in [0.3, 0.4) is 0 Å². The van der Waals surface area contributed by atoms with Crippen molar-refractivity contribution in [2.24, 2.45) is 0 Å². The third-order valence-corrected chi connectivity index (χ3v) is 5.57. The molecule has 0 unspecified atom stereocenters. The van der Waals surface area contributed by atoms with E-state index in [-0.39, 0.29) is 0 Å². The number of hydrogen-bond acceptors (Lipinski definition) is 2. The highest BCUT2D eigenvalue weighted by Gasteiger charge is 2.17. The minimum absolute atomic E-state index is 0.868. The second-order valence-electron chi connectivity index (χ2n) is 6.96. The molecule has 29 heavy (non-hydrogen) atoms. The molecule has 0 amide bonds. The highest BCUT2D eigenvalue weighted by molar-refractivity contribution is 9.10. The van der Waals surface area contributed by atoms with Gasteiger partial charge in [-0.25, -0.2) is 9.67 Å². The van der Waals surface area contributed by atoms with Crippen LogP contribution in [0.1, 0.15) is 5.69 Å². The lowest BCUT2D eigenvalue weighted by molar-refractivity contribution is 0.878. The van der Waals surface area contributed by atoms with Crippen LogP contribution < -0.4 is 0 Å². The van der Waals surface area contributed by atoms with Gasteiger partial charge in [-0.3, -0.25) is 0 Å². The van der Waals surface area contributed by atoms with Gasteiger partial charge < -0.3 is 0 Å². The predicted molar refractivity (Wildman–Crippen MR) is 122 cm³/mol. The molecule has 0 radical (unpaired) electrons. The molecule has 5 rings (SSSR count). The van der Waals surface area contributed by atoms with E-state index in [9.17, 15) is 0 Å². The van der Waals surface area contributed by atoms with E-state index in [1.165, 1.54) is 0 Å². The Morgan fingerprint density at radius 2 is 1.41 bits per heavy atom. The topological polar surface area (TPSA) is 30.7 Å². The molecule has 0 N–H and O–H groups in total. The van der Waals surface area contributed by atoms with Crippen molar-refractivity contribution < 1.29 is 0 Å². The van der Waals surface area contributed by atoms with E-state index in [4.69, 9.17) is 10.1 Å². The van der Waals surface area contributed by atoms with E-state index >= 15 is 0 Å². The zero-order chi connectivity index (χ0) is 19.8. The molecule has 0 saturated heterocycles. The first-order chi connectivity index (χ1) is 14.2. The van der Waals surface area contributed by atoms with Crippen molar-refractivity contribution in [3.05, 3.63) is 101 Å². The van der Waals surface area contributed by atoms with Crippen LogP contribution in [0, 0.1) is 6.92 Å². The average Bonchev–Trinajstić information content (AvgIpc) is 3.11. The van der Waals surface area contributed by atoms with Crippen LogP contribution in [-0.4, -0.2) is 14.8 Å². The molecule has 0 aliphatic rings. The third-order valence-electron chi connectivity index (χ3n) is 5.04. The summed E-state index contributed by atoms with van der Waals surface area (Å²) in [6.07, 6.45) is 0. The Kier molecular flexibility index (Phi) is 4.49. The minimum Gasteiger partial charge on any atom is -0.228 e. The molecule has 0 atom stereocenters. The van der Waals surface area contributed by atoms with Crippen molar-refractivity contribution >= 4 is 27.0 Å². The molecule has 5 aromatic rings. The van der Waals surface area contributed by atoms with Crippen molar-refractivity contribution in [3.63, 3.8) is 0 Å². The van der Waals surface area contributed by atoms with E-state index in [1.807, 2.05) is 41.1 Å². The molecule has 0 fully saturated rings. The van der Waals surface area contributed by atoms with Gasteiger partial charge in [-0.05, 0) is 48.4 Å². The SMILES string of the molecule is Cc1nn(-c2ccccc2)c2nc(-c3ccc(Br)cc3)cc(-c3ccccc3)c12. The van der Waals surface area contributed by atoms with Gasteiger partial charge in [0.1, 0.15) is 0 Å². The van der Waals surface area contributed by atoms with Crippen LogP contribution in [0.25, 0.3) is 39.1 Å². The Balaban J connectivity index is 1.85. The average molecular weight is 440 g/mol. The van der Waals surface area contributed by atoms with Crippen molar-refractivity contribution in [3.8, 4) is 28.1 Å². The summed E-state index contributed by atoms with van der Waals surface area (Å²) in [5.41, 5.74) is 7.16. The van der Waals surface area contributed by atoms with Gasteiger partial charge in [0.25, 0.3) is 0 Å². The summed E-state index contributed by atoms with van der Waals surface area (Å²) in [5.74, 6) is 0. The molecule has 4 heteroatoms. The van der Waals surface area contributed by atoms with Crippen molar-refractivity contribution in [2.75, 3.05) is 0 Å². The summed E-state index contributed by atoms with van der Waals surface area (Å²) >= 11 is 3.52. The Morgan fingerprint density at radius 1 is 0.759 bits per heavy atom. The monoisotopic (exact) mass is 439 g/mol. The fraction of sp³-hybridized carbons (Fsp3) is 0.0400. The first kappa shape index (κ1) is 17.8. The molecule has 0 aliphatic carbocycles. The Hall–Kier alpha value is -3.24. The molecule has 0 spiro atoms. The molecule has 0 bridgehead atoms. The highest BCUT2D eigenvalue weighted by atomic mass is 79.9. The van der Waals surface area contributed by atoms with Gasteiger partial charge in [-0.1, -0.05) is 76.6 Å². The van der Waals surface area contributed by atoms with Crippen molar-refractivity contribution in [2.45, 2.75) is 6.92 Å². The maximum atomic E-state index is 5.04. The second kappa shape index (κ2) is 7.30. The highest BCUT2D eigenvalue weighted by Crippen LogP contribution is 2.35. The molecule has 3 nitrogen and oxygen atoms in total. The third kappa shape index (κ3) is 3.26. The summed E-state index contributed by atoms with van der Waals surface area (Å²) in [6.45, 7) is 2.05. The van der Waals surface area contributed by atoms with Crippen LogP contribution in [0.4, 0.5) is 0 Å². The van der Waals surface area contributed by atoms with Gasteiger partial charge in [-0.2, -0.15) is 5.10 Å². The fourth-order valence-corrected chi connectivity index (χ4v) is 3.92. The quantitative estimate of drug-likeness (QED) is 0.308. The number of pyridine rings is 1. The first-order valence-corrected chi connectivity index (χ1v) is 10.3. The van der Waals surface area contributed by atoms with Crippen LogP contribution in [0.15, 0.2) is 95.5 Å². The van der Waals surface area contributed by atoms with E-state index in [2.05, 4.69) is 77.5 Å². The Morgan fingerprint density at radius 3 is 2.10 bits per heavy atom. The smallest absolute Gasteiger partial charge is 0.164 e. The number of fused-ring (bicyclic) bond motifs is 1. The number of benzene rings is 3. The summed E-state index contributed by atoms with van der Waals surface area (Å²) in [5, 5.41) is 5.93. The molecule has 2 aromatic heterocycles. The number of para-hydroxylation sites is 1. The Bertz CT molecular complexity index is 1290. The second-order valence-corrected chi connectivity index (χ2v) is 7.88. The number of aryl methyl sites for hydroxylation is 1. The standard InChI is InChI=1S/C25H18BrN3/c1-17-24-22(18-8-4-2-5-9-18)16-23(19-12-14-20(26)15-13-19)27-25(24)29(28-17)21-10-6-3-7-11-21/h2-16H,1H3. The molecular weight excluding hydrogens is 422 g/mol. The molecule has 0 aliphatic heterocycles. The van der Waals surface area contributed by atoms with E-state index in [0.717, 1.165) is 49.3 Å². The van der Waals surface area contributed by atoms with E-state index < -0.39 is 0 Å². The van der Waals surface area contributed by atoms with Gasteiger partial charge >= 0.3 is 0 Å². The largest absolute Gasteiger partial charge is 0.228 e. The summed E-state index contributed by atoms with van der Waals surface area (Å²) in [6, 6.07) is 31.1. The number of hydrogen-bond donors (Lipinski definition) is 0.